The van der Waals surface area contributed by atoms with Gasteiger partial charge in [-0.05, 0) is 123 Å². The number of carbonyl (C=O) groups excluding carboxylic acids is 2. The van der Waals surface area contributed by atoms with Crippen LogP contribution in [0.3, 0.4) is 0 Å². The fourth-order valence-electron chi connectivity index (χ4n) is 3.22. The number of carbonyl (C=O) groups is 2. The maximum Gasteiger partial charge on any atom is 0.339 e. The van der Waals surface area contributed by atoms with Gasteiger partial charge in [-0.3, -0.25) is 14.5 Å². The maximum absolute atomic E-state index is 12.9. The van der Waals surface area contributed by atoms with Crippen LogP contribution in [0.1, 0.15) is 11.1 Å². The van der Waals surface area contributed by atoms with E-state index >= 15 is 0 Å². The molecule has 1 aliphatic heterocycles. The Morgan fingerprint density at radius 2 is 1.69 bits per heavy atom. The first kappa shape index (κ1) is 27.2. The van der Waals surface area contributed by atoms with Gasteiger partial charge in [0.05, 0.1) is 22.1 Å². The fourth-order valence-corrected chi connectivity index (χ4v) is 6.39. The lowest BCUT2D eigenvalue weighted by Crippen LogP contribution is -2.27. The summed E-state index contributed by atoms with van der Waals surface area (Å²) in [6.45, 7) is 0.176. The topological polar surface area (TPSA) is 90.0 Å². The molecule has 0 N–H and O–H groups in total. The Labute approximate surface area is 244 Å². The Balaban J connectivity index is 1.59. The number of methoxy groups -OCH3 is 1. The number of hydrogen-bond acceptors (Lipinski definition) is 7. The SMILES string of the molecule is COc1cc(/C=C2\SC(=O)N(Cc3ccc(I)cc3)C2=O)cc(I)c1OS(=O)(=O)c1ccc(Cl)cc1. The number of thioether (sulfide) groups is 1. The summed E-state index contributed by atoms with van der Waals surface area (Å²) in [5.41, 5.74) is 1.39. The van der Waals surface area contributed by atoms with Gasteiger partial charge in [0.15, 0.2) is 11.5 Å². The highest BCUT2D eigenvalue weighted by Crippen LogP contribution is 2.39. The summed E-state index contributed by atoms with van der Waals surface area (Å²) in [6, 6.07) is 16.4. The van der Waals surface area contributed by atoms with E-state index in [9.17, 15) is 18.0 Å². The molecule has 0 spiro atoms. The van der Waals surface area contributed by atoms with Crippen molar-refractivity contribution in [3.8, 4) is 11.5 Å². The smallest absolute Gasteiger partial charge is 0.339 e. The fraction of sp³-hybridized carbons (Fsp3) is 0.0833. The molecular weight excluding hydrogens is 752 g/mol. The Bertz CT molecular complexity index is 1480. The predicted octanol–water partition coefficient (Wildman–Crippen LogP) is 6.56. The predicted molar refractivity (Wildman–Crippen MR) is 156 cm³/mol. The molecule has 0 aromatic heterocycles. The first-order valence-corrected chi connectivity index (χ1v) is 14.9. The van der Waals surface area contributed by atoms with Crippen LogP contribution in [0.2, 0.25) is 5.02 Å². The number of hydrogen-bond donors (Lipinski definition) is 0. The second-order valence-electron chi connectivity index (χ2n) is 7.42. The van der Waals surface area contributed by atoms with E-state index in [1.165, 1.54) is 36.3 Å². The minimum atomic E-state index is -4.15. The number of halogens is 3. The third-order valence-corrected chi connectivity index (χ3v) is 8.89. The number of benzene rings is 3. The molecule has 186 valence electrons. The van der Waals surface area contributed by atoms with E-state index in [1.807, 2.05) is 46.9 Å². The highest BCUT2D eigenvalue weighted by molar-refractivity contribution is 14.1. The first-order valence-electron chi connectivity index (χ1n) is 10.1. The second-order valence-corrected chi connectivity index (χ2v) is 12.8. The van der Waals surface area contributed by atoms with E-state index in [0.717, 1.165) is 20.9 Å². The summed E-state index contributed by atoms with van der Waals surface area (Å²) < 4.78 is 37.8. The van der Waals surface area contributed by atoms with Crippen LogP contribution in [0, 0.1) is 7.14 Å². The minimum Gasteiger partial charge on any atom is -0.493 e. The number of nitrogens with zero attached hydrogens (tertiary/aromatic N) is 1. The van der Waals surface area contributed by atoms with Crippen LogP contribution in [0.5, 0.6) is 11.5 Å². The van der Waals surface area contributed by atoms with Crippen LogP contribution in [-0.4, -0.2) is 31.6 Å². The van der Waals surface area contributed by atoms with E-state index in [-0.39, 0.29) is 33.1 Å². The molecule has 2 amide bonds. The van der Waals surface area contributed by atoms with Gasteiger partial charge in [0.25, 0.3) is 11.1 Å². The Kier molecular flexibility index (Phi) is 8.54. The quantitative estimate of drug-likeness (QED) is 0.153. The normalized spacial score (nSPS) is 15.0. The van der Waals surface area contributed by atoms with Gasteiger partial charge in [-0.1, -0.05) is 23.7 Å². The third-order valence-electron chi connectivity index (χ3n) is 4.97. The van der Waals surface area contributed by atoms with Crippen molar-refractivity contribution in [2.75, 3.05) is 7.11 Å². The van der Waals surface area contributed by atoms with Gasteiger partial charge in [0, 0.05) is 8.59 Å². The summed E-state index contributed by atoms with van der Waals surface area (Å²) in [7, 11) is -2.76. The van der Waals surface area contributed by atoms with Crippen LogP contribution < -0.4 is 8.92 Å². The van der Waals surface area contributed by atoms with Gasteiger partial charge in [-0.15, -0.1) is 0 Å². The maximum atomic E-state index is 12.9. The lowest BCUT2D eigenvalue weighted by molar-refractivity contribution is -0.123. The van der Waals surface area contributed by atoms with E-state index in [1.54, 1.807) is 18.2 Å². The van der Waals surface area contributed by atoms with Crippen molar-refractivity contribution in [2.45, 2.75) is 11.4 Å². The van der Waals surface area contributed by atoms with Gasteiger partial charge in [-0.25, -0.2) is 0 Å². The van der Waals surface area contributed by atoms with Crippen LogP contribution in [-0.2, 0) is 21.5 Å². The van der Waals surface area contributed by atoms with Gasteiger partial charge in [0.1, 0.15) is 4.90 Å². The van der Waals surface area contributed by atoms with Crippen molar-refractivity contribution in [1.82, 2.24) is 4.90 Å². The zero-order valence-electron chi connectivity index (χ0n) is 18.4. The molecule has 3 aromatic rings. The molecule has 1 fully saturated rings. The van der Waals surface area contributed by atoms with Crippen molar-refractivity contribution in [3.63, 3.8) is 0 Å². The summed E-state index contributed by atoms with van der Waals surface area (Å²) >= 11 is 10.8. The molecule has 1 heterocycles. The summed E-state index contributed by atoms with van der Waals surface area (Å²) in [4.78, 5) is 26.8. The number of amides is 2. The molecule has 0 radical (unpaired) electrons. The molecule has 12 heteroatoms. The van der Waals surface area contributed by atoms with Crippen molar-refractivity contribution < 1.29 is 26.9 Å². The molecule has 0 saturated carbocycles. The largest absolute Gasteiger partial charge is 0.493 e. The molecule has 3 aromatic carbocycles. The summed E-state index contributed by atoms with van der Waals surface area (Å²) in [6.07, 6.45) is 1.57. The highest BCUT2D eigenvalue weighted by atomic mass is 127. The molecule has 4 rings (SSSR count). The molecule has 7 nitrogen and oxygen atoms in total. The Hall–Kier alpha value is -1.81. The third kappa shape index (κ3) is 6.18. The van der Waals surface area contributed by atoms with E-state index in [0.29, 0.717) is 14.2 Å². The molecule has 0 unspecified atom stereocenters. The highest BCUT2D eigenvalue weighted by Gasteiger charge is 2.35. The lowest BCUT2D eigenvalue weighted by atomic mass is 10.1. The lowest BCUT2D eigenvalue weighted by Gasteiger charge is -2.14. The van der Waals surface area contributed by atoms with Gasteiger partial charge < -0.3 is 8.92 Å². The molecular formula is C24H16ClI2NO6S2. The number of rotatable bonds is 7. The summed E-state index contributed by atoms with van der Waals surface area (Å²) in [5, 5.41) is 0.0360. The van der Waals surface area contributed by atoms with Gasteiger partial charge in [0.2, 0.25) is 0 Å². The van der Waals surface area contributed by atoms with Crippen molar-refractivity contribution in [3.05, 3.63) is 88.9 Å². The van der Waals surface area contributed by atoms with Gasteiger partial charge >= 0.3 is 10.1 Å². The molecule has 0 atom stereocenters. The van der Waals surface area contributed by atoms with Crippen LogP contribution in [0.15, 0.2) is 70.5 Å². The minimum absolute atomic E-state index is 0.0111. The molecule has 36 heavy (non-hydrogen) atoms. The Morgan fingerprint density at radius 1 is 1.03 bits per heavy atom. The molecule has 1 saturated heterocycles. The number of ether oxygens (including phenoxy) is 1. The van der Waals surface area contributed by atoms with E-state index in [4.69, 9.17) is 20.5 Å². The standard InChI is InChI=1S/C24H16ClI2NO6S2/c1-33-20-11-15(10-19(27)22(20)34-36(31,32)18-8-4-16(25)5-9-18)12-21-23(29)28(24(30)35-21)13-14-2-6-17(26)7-3-14/h2-12H,13H2,1H3/b21-12-. The molecule has 0 bridgehead atoms. The monoisotopic (exact) mass is 767 g/mol. The second kappa shape index (κ2) is 11.3. The molecule has 0 aliphatic carbocycles. The average molecular weight is 768 g/mol. The van der Waals surface area contributed by atoms with Crippen molar-refractivity contribution in [2.24, 2.45) is 0 Å². The number of imide groups is 1. The van der Waals surface area contributed by atoms with Crippen molar-refractivity contribution in [1.29, 1.82) is 0 Å². The van der Waals surface area contributed by atoms with Gasteiger partial charge in [-0.2, -0.15) is 8.42 Å². The van der Waals surface area contributed by atoms with Crippen LogP contribution in [0.4, 0.5) is 4.79 Å². The molecule has 1 aliphatic rings. The van der Waals surface area contributed by atoms with E-state index < -0.39 is 16.0 Å². The first-order chi connectivity index (χ1) is 17.1. The average Bonchev–Trinajstić information content (AvgIpc) is 3.09. The zero-order chi connectivity index (χ0) is 26.0. The van der Waals surface area contributed by atoms with Crippen LogP contribution in [0.25, 0.3) is 6.08 Å². The van der Waals surface area contributed by atoms with Crippen molar-refractivity contribution >= 4 is 95.9 Å². The van der Waals surface area contributed by atoms with Crippen LogP contribution >= 0.6 is 68.5 Å². The van der Waals surface area contributed by atoms with E-state index in [2.05, 4.69) is 22.6 Å². The zero-order valence-corrected chi connectivity index (χ0v) is 25.1. The Morgan fingerprint density at radius 3 is 2.33 bits per heavy atom. The summed E-state index contributed by atoms with van der Waals surface area (Å²) in [5.74, 6) is -0.232.